The van der Waals surface area contributed by atoms with Crippen LogP contribution in [0.25, 0.3) is 0 Å². The van der Waals surface area contributed by atoms with Gasteiger partial charge in [-0.3, -0.25) is 4.79 Å². The largest absolute Gasteiger partial charge is 0.459 e. The molecule has 0 radical (unpaired) electrons. The molecule has 0 aromatic carbocycles. The van der Waals surface area contributed by atoms with Crippen molar-refractivity contribution in [1.82, 2.24) is 10.3 Å². The number of hydrogen-bond acceptors (Lipinski definition) is 4. The lowest BCUT2D eigenvalue weighted by molar-refractivity contribution is 0.0922. The summed E-state index contributed by atoms with van der Waals surface area (Å²) in [6.45, 7) is 4.64. The maximum absolute atomic E-state index is 11.6. The number of rotatable bonds is 4. The monoisotopic (exact) mass is 250 g/mol. The minimum atomic E-state index is -0.214. The van der Waals surface area contributed by atoms with Crippen LogP contribution < -0.4 is 5.32 Å². The van der Waals surface area contributed by atoms with E-state index in [1.165, 1.54) is 6.26 Å². The fraction of sp³-hybridized carbons (Fsp3) is 0.333. The summed E-state index contributed by atoms with van der Waals surface area (Å²) in [4.78, 5) is 16.0. The summed E-state index contributed by atoms with van der Waals surface area (Å²) >= 11 is 1.62. The van der Waals surface area contributed by atoms with Crippen LogP contribution in [0.2, 0.25) is 0 Å². The predicted molar refractivity (Wildman–Crippen MR) is 66.1 cm³/mol. The Labute approximate surface area is 104 Å². The molecule has 0 saturated carbocycles. The van der Waals surface area contributed by atoms with Crippen LogP contribution in [0.5, 0.6) is 0 Å². The molecule has 17 heavy (non-hydrogen) atoms. The molecule has 0 fully saturated rings. The highest BCUT2D eigenvalue weighted by molar-refractivity contribution is 7.09. The first kappa shape index (κ1) is 11.9. The van der Waals surface area contributed by atoms with Gasteiger partial charge in [0.2, 0.25) is 0 Å². The van der Waals surface area contributed by atoms with Gasteiger partial charge in [-0.05, 0) is 12.1 Å². The SMILES string of the molecule is CC(C)c1nc(CNC(=O)c2ccco2)cs1. The Hall–Kier alpha value is -1.62. The number of hydrogen-bond donors (Lipinski definition) is 1. The van der Waals surface area contributed by atoms with E-state index in [1.54, 1.807) is 23.5 Å². The maximum atomic E-state index is 11.6. The first-order valence-electron chi connectivity index (χ1n) is 5.43. The zero-order chi connectivity index (χ0) is 12.3. The molecule has 0 aliphatic rings. The van der Waals surface area contributed by atoms with Gasteiger partial charge in [0.05, 0.1) is 23.5 Å². The Morgan fingerprint density at radius 1 is 1.59 bits per heavy atom. The van der Waals surface area contributed by atoms with E-state index in [2.05, 4.69) is 24.1 Å². The summed E-state index contributed by atoms with van der Waals surface area (Å²) in [7, 11) is 0. The van der Waals surface area contributed by atoms with Crippen molar-refractivity contribution >= 4 is 17.2 Å². The molecule has 1 N–H and O–H groups in total. The summed E-state index contributed by atoms with van der Waals surface area (Å²) in [6.07, 6.45) is 1.48. The molecule has 0 atom stereocenters. The molecular weight excluding hydrogens is 236 g/mol. The fourth-order valence-corrected chi connectivity index (χ4v) is 2.17. The minimum absolute atomic E-state index is 0.214. The van der Waals surface area contributed by atoms with Crippen molar-refractivity contribution in [2.45, 2.75) is 26.3 Å². The molecule has 0 bridgehead atoms. The standard InChI is InChI=1S/C12H14N2O2S/c1-8(2)12-14-9(7-17-12)6-13-11(15)10-4-3-5-16-10/h3-5,7-8H,6H2,1-2H3,(H,13,15). The maximum Gasteiger partial charge on any atom is 0.287 e. The molecule has 4 nitrogen and oxygen atoms in total. The second-order valence-electron chi connectivity index (χ2n) is 3.99. The molecule has 2 rings (SSSR count). The normalized spacial score (nSPS) is 10.8. The topological polar surface area (TPSA) is 55.1 Å². The van der Waals surface area contributed by atoms with Gasteiger partial charge in [-0.2, -0.15) is 0 Å². The van der Waals surface area contributed by atoms with Crippen molar-refractivity contribution in [2.75, 3.05) is 0 Å². The summed E-state index contributed by atoms with van der Waals surface area (Å²) in [6, 6.07) is 3.32. The third kappa shape index (κ3) is 2.94. The van der Waals surface area contributed by atoms with Crippen molar-refractivity contribution in [2.24, 2.45) is 0 Å². The van der Waals surface area contributed by atoms with Gasteiger partial charge in [0.25, 0.3) is 5.91 Å². The van der Waals surface area contributed by atoms with E-state index in [-0.39, 0.29) is 5.91 Å². The summed E-state index contributed by atoms with van der Waals surface area (Å²) < 4.78 is 5.00. The molecule has 0 aliphatic carbocycles. The van der Waals surface area contributed by atoms with Crippen LogP contribution in [0.4, 0.5) is 0 Å². The van der Waals surface area contributed by atoms with Crippen molar-refractivity contribution in [3.63, 3.8) is 0 Å². The number of thiazole rings is 1. The molecule has 2 heterocycles. The van der Waals surface area contributed by atoms with Gasteiger partial charge < -0.3 is 9.73 Å². The lowest BCUT2D eigenvalue weighted by Crippen LogP contribution is -2.22. The second kappa shape index (κ2) is 5.14. The van der Waals surface area contributed by atoms with Crippen molar-refractivity contribution in [1.29, 1.82) is 0 Å². The Balaban J connectivity index is 1.91. The van der Waals surface area contributed by atoms with Gasteiger partial charge >= 0.3 is 0 Å². The Kier molecular flexibility index (Phi) is 3.58. The van der Waals surface area contributed by atoms with E-state index in [4.69, 9.17) is 4.42 Å². The number of aromatic nitrogens is 1. The third-order valence-corrected chi connectivity index (χ3v) is 3.43. The van der Waals surface area contributed by atoms with Crippen LogP contribution >= 0.6 is 11.3 Å². The highest BCUT2D eigenvalue weighted by Gasteiger charge is 2.10. The Bertz CT molecular complexity index is 488. The number of carbonyl (C=O) groups is 1. The summed E-state index contributed by atoms with van der Waals surface area (Å²) in [5.41, 5.74) is 0.888. The van der Waals surface area contributed by atoms with Gasteiger partial charge in [-0.1, -0.05) is 13.8 Å². The van der Waals surface area contributed by atoms with Gasteiger partial charge in [0.1, 0.15) is 0 Å². The number of nitrogens with one attached hydrogen (secondary N) is 1. The van der Waals surface area contributed by atoms with E-state index >= 15 is 0 Å². The number of nitrogens with zero attached hydrogens (tertiary/aromatic N) is 1. The highest BCUT2D eigenvalue weighted by atomic mass is 32.1. The minimum Gasteiger partial charge on any atom is -0.459 e. The van der Waals surface area contributed by atoms with Gasteiger partial charge in [0, 0.05) is 11.3 Å². The second-order valence-corrected chi connectivity index (χ2v) is 4.88. The van der Waals surface area contributed by atoms with E-state index < -0.39 is 0 Å². The van der Waals surface area contributed by atoms with Crippen LogP contribution in [0, 0.1) is 0 Å². The van der Waals surface area contributed by atoms with Crippen LogP contribution in [-0.4, -0.2) is 10.9 Å². The van der Waals surface area contributed by atoms with Crippen LogP contribution in [-0.2, 0) is 6.54 Å². The van der Waals surface area contributed by atoms with Crippen LogP contribution in [0.3, 0.4) is 0 Å². The van der Waals surface area contributed by atoms with Crippen molar-refractivity contribution in [3.8, 4) is 0 Å². The van der Waals surface area contributed by atoms with E-state index in [9.17, 15) is 4.79 Å². The summed E-state index contributed by atoms with van der Waals surface area (Å²) in [5, 5.41) is 5.83. The smallest absolute Gasteiger partial charge is 0.287 e. The molecule has 90 valence electrons. The Morgan fingerprint density at radius 2 is 2.41 bits per heavy atom. The van der Waals surface area contributed by atoms with E-state index in [0.717, 1.165) is 10.7 Å². The van der Waals surface area contributed by atoms with Crippen molar-refractivity contribution in [3.05, 3.63) is 40.2 Å². The molecule has 0 spiro atoms. The molecular formula is C12H14N2O2S. The van der Waals surface area contributed by atoms with Crippen molar-refractivity contribution < 1.29 is 9.21 Å². The zero-order valence-electron chi connectivity index (χ0n) is 9.77. The average Bonchev–Trinajstić information content (AvgIpc) is 2.97. The molecule has 0 aliphatic heterocycles. The van der Waals surface area contributed by atoms with E-state index in [0.29, 0.717) is 18.2 Å². The quantitative estimate of drug-likeness (QED) is 0.907. The number of furan rings is 1. The molecule has 5 heteroatoms. The van der Waals surface area contributed by atoms with Crippen LogP contribution in [0.1, 0.15) is 41.0 Å². The molecule has 1 amide bonds. The molecule has 0 unspecified atom stereocenters. The van der Waals surface area contributed by atoms with Gasteiger partial charge in [-0.25, -0.2) is 4.98 Å². The lowest BCUT2D eigenvalue weighted by atomic mass is 10.2. The molecule has 2 aromatic heterocycles. The first-order valence-corrected chi connectivity index (χ1v) is 6.31. The fourth-order valence-electron chi connectivity index (χ4n) is 1.33. The highest BCUT2D eigenvalue weighted by Crippen LogP contribution is 2.18. The average molecular weight is 250 g/mol. The number of amides is 1. The van der Waals surface area contributed by atoms with Gasteiger partial charge in [-0.15, -0.1) is 11.3 Å². The number of carbonyl (C=O) groups excluding carboxylic acids is 1. The third-order valence-electron chi connectivity index (χ3n) is 2.24. The Morgan fingerprint density at radius 3 is 3.00 bits per heavy atom. The molecule has 2 aromatic rings. The first-order chi connectivity index (χ1) is 8.16. The molecule has 0 saturated heterocycles. The van der Waals surface area contributed by atoms with E-state index in [1.807, 2.05) is 5.38 Å². The van der Waals surface area contributed by atoms with Crippen LogP contribution in [0.15, 0.2) is 28.2 Å². The zero-order valence-corrected chi connectivity index (χ0v) is 10.6. The van der Waals surface area contributed by atoms with Gasteiger partial charge in [0.15, 0.2) is 5.76 Å². The predicted octanol–water partition coefficient (Wildman–Crippen LogP) is 2.79. The summed E-state index contributed by atoms with van der Waals surface area (Å²) in [5.74, 6) is 0.535. The lowest BCUT2D eigenvalue weighted by Gasteiger charge is -2.00.